The van der Waals surface area contributed by atoms with E-state index in [0.717, 1.165) is 5.56 Å². The van der Waals surface area contributed by atoms with Gasteiger partial charge in [0.1, 0.15) is 0 Å². The van der Waals surface area contributed by atoms with Gasteiger partial charge in [-0.1, -0.05) is 12.1 Å². The van der Waals surface area contributed by atoms with E-state index < -0.39 is 5.97 Å². The summed E-state index contributed by atoms with van der Waals surface area (Å²) >= 11 is 0. The lowest BCUT2D eigenvalue weighted by molar-refractivity contribution is 0.0696. The third-order valence-electron chi connectivity index (χ3n) is 2.56. The number of benzene rings is 1. The van der Waals surface area contributed by atoms with E-state index in [4.69, 9.17) is 5.11 Å². The van der Waals surface area contributed by atoms with Gasteiger partial charge in [0, 0.05) is 6.20 Å². The van der Waals surface area contributed by atoms with Crippen LogP contribution >= 0.6 is 0 Å². The average molecular weight is 244 g/mol. The number of aromatic nitrogens is 2. The van der Waals surface area contributed by atoms with Crippen LogP contribution in [0.15, 0.2) is 36.7 Å². The standard InChI is InChI=1S/C13H12N2O3/c1-9(16)12-6-14-15(8-12)7-10-3-2-4-11(5-10)13(17)18/h2-6,8H,7H2,1H3,(H,17,18). The van der Waals surface area contributed by atoms with Crippen LogP contribution in [0.2, 0.25) is 0 Å². The molecule has 92 valence electrons. The van der Waals surface area contributed by atoms with Gasteiger partial charge in [0.15, 0.2) is 5.78 Å². The molecule has 0 saturated carbocycles. The minimum atomic E-state index is -0.957. The molecule has 0 saturated heterocycles. The zero-order valence-corrected chi connectivity index (χ0v) is 9.83. The molecule has 0 radical (unpaired) electrons. The number of hydrogen-bond donors (Lipinski definition) is 1. The van der Waals surface area contributed by atoms with Gasteiger partial charge >= 0.3 is 5.97 Å². The molecule has 0 aliphatic carbocycles. The molecular formula is C13H12N2O3. The number of hydrogen-bond acceptors (Lipinski definition) is 3. The Hall–Kier alpha value is -2.43. The van der Waals surface area contributed by atoms with Crippen LogP contribution in [-0.4, -0.2) is 26.6 Å². The van der Waals surface area contributed by atoms with Crippen molar-refractivity contribution in [1.82, 2.24) is 9.78 Å². The third-order valence-corrected chi connectivity index (χ3v) is 2.56. The van der Waals surface area contributed by atoms with Gasteiger partial charge in [0.25, 0.3) is 0 Å². The van der Waals surface area contributed by atoms with E-state index in [1.165, 1.54) is 19.2 Å². The summed E-state index contributed by atoms with van der Waals surface area (Å²) in [6.07, 6.45) is 3.15. The van der Waals surface area contributed by atoms with Gasteiger partial charge in [0.05, 0.1) is 23.9 Å². The molecule has 1 aromatic heterocycles. The van der Waals surface area contributed by atoms with E-state index in [1.54, 1.807) is 23.0 Å². The number of carbonyl (C=O) groups is 2. The largest absolute Gasteiger partial charge is 0.478 e. The Bertz CT molecular complexity index is 602. The highest BCUT2D eigenvalue weighted by molar-refractivity contribution is 5.93. The summed E-state index contributed by atoms with van der Waals surface area (Å²) in [6.45, 7) is 1.92. The molecule has 0 bridgehead atoms. The fourth-order valence-corrected chi connectivity index (χ4v) is 1.62. The molecular weight excluding hydrogens is 232 g/mol. The second-order valence-corrected chi connectivity index (χ2v) is 3.99. The number of carbonyl (C=O) groups excluding carboxylic acids is 1. The maximum absolute atomic E-state index is 11.1. The Labute approximate surface area is 104 Å². The molecule has 0 unspecified atom stereocenters. The van der Waals surface area contributed by atoms with Crippen molar-refractivity contribution < 1.29 is 14.7 Å². The molecule has 0 fully saturated rings. The summed E-state index contributed by atoms with van der Waals surface area (Å²) in [5.41, 5.74) is 1.61. The second kappa shape index (κ2) is 4.83. The van der Waals surface area contributed by atoms with Crippen molar-refractivity contribution in [2.75, 3.05) is 0 Å². The first kappa shape index (κ1) is 12.0. The van der Waals surface area contributed by atoms with Crippen molar-refractivity contribution in [3.63, 3.8) is 0 Å². The SMILES string of the molecule is CC(=O)c1cnn(Cc2cccc(C(=O)O)c2)c1. The van der Waals surface area contributed by atoms with E-state index in [2.05, 4.69) is 5.10 Å². The minimum absolute atomic E-state index is 0.0412. The molecule has 1 heterocycles. The zero-order chi connectivity index (χ0) is 13.1. The molecule has 1 N–H and O–H groups in total. The minimum Gasteiger partial charge on any atom is -0.478 e. The van der Waals surface area contributed by atoms with Crippen molar-refractivity contribution in [2.24, 2.45) is 0 Å². The average Bonchev–Trinajstić information content (AvgIpc) is 2.78. The molecule has 0 aliphatic rings. The Morgan fingerprint density at radius 1 is 1.33 bits per heavy atom. The first-order valence-corrected chi connectivity index (χ1v) is 5.42. The van der Waals surface area contributed by atoms with Crippen LogP contribution in [0.5, 0.6) is 0 Å². The van der Waals surface area contributed by atoms with Crippen LogP contribution in [0.25, 0.3) is 0 Å². The lowest BCUT2D eigenvalue weighted by Crippen LogP contribution is -2.02. The first-order chi connectivity index (χ1) is 8.56. The van der Waals surface area contributed by atoms with Crippen molar-refractivity contribution in [3.05, 3.63) is 53.3 Å². The van der Waals surface area contributed by atoms with Gasteiger partial charge in [0.2, 0.25) is 0 Å². The first-order valence-electron chi connectivity index (χ1n) is 5.42. The van der Waals surface area contributed by atoms with Gasteiger partial charge in [-0.15, -0.1) is 0 Å². The number of ketones is 1. The summed E-state index contributed by atoms with van der Waals surface area (Å²) in [4.78, 5) is 22.0. The molecule has 0 aliphatic heterocycles. The predicted molar refractivity (Wildman–Crippen MR) is 64.7 cm³/mol. The number of carboxylic acid groups (broad SMARTS) is 1. The number of nitrogens with zero attached hydrogens (tertiary/aromatic N) is 2. The van der Waals surface area contributed by atoms with Crippen molar-refractivity contribution in [1.29, 1.82) is 0 Å². The quantitative estimate of drug-likeness (QED) is 0.833. The molecule has 0 atom stereocenters. The number of aromatic carboxylic acids is 1. The normalized spacial score (nSPS) is 10.3. The molecule has 5 nitrogen and oxygen atoms in total. The van der Waals surface area contributed by atoms with Crippen molar-refractivity contribution in [2.45, 2.75) is 13.5 Å². The lowest BCUT2D eigenvalue weighted by atomic mass is 10.1. The van der Waals surface area contributed by atoms with E-state index in [1.807, 2.05) is 6.07 Å². The highest BCUT2D eigenvalue weighted by atomic mass is 16.4. The van der Waals surface area contributed by atoms with E-state index in [9.17, 15) is 9.59 Å². The Morgan fingerprint density at radius 3 is 2.72 bits per heavy atom. The van der Waals surface area contributed by atoms with Gasteiger partial charge in [-0.3, -0.25) is 9.48 Å². The number of carboxylic acids is 1. The van der Waals surface area contributed by atoms with Gasteiger partial charge < -0.3 is 5.11 Å². The van der Waals surface area contributed by atoms with Crippen molar-refractivity contribution >= 4 is 11.8 Å². The smallest absolute Gasteiger partial charge is 0.335 e. The van der Waals surface area contributed by atoms with Crippen LogP contribution < -0.4 is 0 Å². The van der Waals surface area contributed by atoms with E-state index in [-0.39, 0.29) is 11.3 Å². The fraction of sp³-hybridized carbons (Fsp3) is 0.154. The molecule has 0 spiro atoms. The topological polar surface area (TPSA) is 72.2 Å². The Balaban J connectivity index is 2.20. The van der Waals surface area contributed by atoms with Crippen LogP contribution in [-0.2, 0) is 6.54 Å². The Morgan fingerprint density at radius 2 is 2.11 bits per heavy atom. The molecule has 2 aromatic rings. The molecule has 2 rings (SSSR count). The summed E-state index contributed by atoms with van der Waals surface area (Å²) in [5, 5.41) is 12.9. The summed E-state index contributed by atoms with van der Waals surface area (Å²) in [5.74, 6) is -0.998. The van der Waals surface area contributed by atoms with Crippen LogP contribution in [0.4, 0.5) is 0 Å². The fourth-order valence-electron chi connectivity index (χ4n) is 1.62. The highest BCUT2D eigenvalue weighted by Crippen LogP contribution is 2.08. The number of rotatable bonds is 4. The molecule has 18 heavy (non-hydrogen) atoms. The second-order valence-electron chi connectivity index (χ2n) is 3.99. The molecule has 0 amide bonds. The van der Waals surface area contributed by atoms with Crippen LogP contribution in [0, 0.1) is 0 Å². The monoisotopic (exact) mass is 244 g/mol. The van der Waals surface area contributed by atoms with E-state index in [0.29, 0.717) is 12.1 Å². The van der Waals surface area contributed by atoms with Crippen molar-refractivity contribution in [3.8, 4) is 0 Å². The maximum Gasteiger partial charge on any atom is 0.335 e. The lowest BCUT2D eigenvalue weighted by Gasteiger charge is -2.02. The van der Waals surface area contributed by atoms with Gasteiger partial charge in [-0.05, 0) is 24.6 Å². The van der Waals surface area contributed by atoms with Gasteiger partial charge in [-0.25, -0.2) is 4.79 Å². The zero-order valence-electron chi connectivity index (χ0n) is 9.83. The Kier molecular flexibility index (Phi) is 3.23. The molecule has 5 heteroatoms. The predicted octanol–water partition coefficient (Wildman–Crippen LogP) is 1.83. The summed E-state index contributed by atoms with van der Waals surface area (Å²) in [6, 6.07) is 6.64. The van der Waals surface area contributed by atoms with Crippen LogP contribution in [0.1, 0.15) is 33.2 Å². The molecule has 1 aromatic carbocycles. The summed E-state index contributed by atoms with van der Waals surface area (Å²) < 4.78 is 1.61. The van der Waals surface area contributed by atoms with Crippen LogP contribution in [0.3, 0.4) is 0 Å². The third kappa shape index (κ3) is 2.63. The highest BCUT2D eigenvalue weighted by Gasteiger charge is 2.06. The van der Waals surface area contributed by atoms with Gasteiger partial charge in [-0.2, -0.15) is 5.10 Å². The number of Topliss-reactive ketones (excluding diaryl/α,β-unsaturated/α-hetero) is 1. The maximum atomic E-state index is 11.1. The summed E-state index contributed by atoms with van der Waals surface area (Å²) in [7, 11) is 0. The van der Waals surface area contributed by atoms with E-state index >= 15 is 0 Å².